The first-order valence-corrected chi connectivity index (χ1v) is 5.90. The molecule has 2 rings (SSSR count). The second-order valence-electron chi connectivity index (χ2n) is 3.59. The molecule has 2 aromatic heterocycles. The van der Waals surface area contributed by atoms with Crippen molar-refractivity contribution < 1.29 is 5.21 Å². The first kappa shape index (κ1) is 12.4. The van der Waals surface area contributed by atoms with Crippen LogP contribution in [0.2, 0.25) is 0 Å². The zero-order valence-corrected chi connectivity index (χ0v) is 10.7. The van der Waals surface area contributed by atoms with Gasteiger partial charge in [-0.1, -0.05) is 5.16 Å². The van der Waals surface area contributed by atoms with Gasteiger partial charge in [-0.3, -0.25) is 0 Å². The van der Waals surface area contributed by atoms with E-state index in [9.17, 15) is 0 Å². The maximum atomic E-state index is 8.68. The van der Waals surface area contributed by atoms with Crippen LogP contribution in [0.15, 0.2) is 33.8 Å². The molecule has 0 atom stereocenters. The molecule has 0 unspecified atom stereocenters. The quantitative estimate of drug-likeness (QED) is 0.367. The molecule has 0 saturated carbocycles. The number of hydrogen-bond donors (Lipinski definition) is 2. The van der Waals surface area contributed by atoms with Gasteiger partial charge >= 0.3 is 0 Å². The molecule has 7 nitrogen and oxygen atoms in total. The van der Waals surface area contributed by atoms with Crippen molar-refractivity contribution in [1.82, 2.24) is 19.7 Å². The van der Waals surface area contributed by atoms with Gasteiger partial charge in [-0.15, -0.1) is 0 Å². The van der Waals surface area contributed by atoms with E-state index in [1.165, 1.54) is 18.1 Å². The smallest absolute Gasteiger partial charge is 0.192 e. The normalized spacial score (nSPS) is 11.8. The number of rotatable bonds is 3. The highest BCUT2D eigenvalue weighted by Crippen LogP contribution is 2.24. The van der Waals surface area contributed by atoms with E-state index in [0.717, 1.165) is 10.9 Å². The summed E-state index contributed by atoms with van der Waals surface area (Å²) in [6.07, 6.45) is 1.47. The summed E-state index contributed by atoms with van der Waals surface area (Å²) < 4.78 is 1.65. The third kappa shape index (κ3) is 2.59. The maximum absolute atomic E-state index is 8.68. The summed E-state index contributed by atoms with van der Waals surface area (Å²) in [5, 5.41) is 17.1. The van der Waals surface area contributed by atoms with Gasteiger partial charge in [0.1, 0.15) is 11.4 Å². The zero-order valence-electron chi connectivity index (χ0n) is 9.90. The zero-order chi connectivity index (χ0) is 13.1. The van der Waals surface area contributed by atoms with E-state index in [0.29, 0.717) is 10.6 Å². The molecule has 0 bridgehead atoms. The van der Waals surface area contributed by atoms with Crippen LogP contribution < -0.4 is 5.73 Å². The molecule has 0 radical (unpaired) electrons. The number of oxime groups is 1. The number of pyridine rings is 1. The van der Waals surface area contributed by atoms with Crippen molar-refractivity contribution in [2.45, 2.75) is 17.1 Å². The van der Waals surface area contributed by atoms with Crippen molar-refractivity contribution >= 4 is 17.6 Å². The van der Waals surface area contributed by atoms with E-state index in [1.54, 1.807) is 23.9 Å². The Morgan fingerprint density at radius 2 is 2.28 bits per heavy atom. The largest absolute Gasteiger partial charge is 0.409 e. The van der Waals surface area contributed by atoms with E-state index in [2.05, 4.69) is 20.2 Å². The van der Waals surface area contributed by atoms with Crippen LogP contribution in [-0.2, 0) is 7.05 Å². The van der Waals surface area contributed by atoms with Gasteiger partial charge < -0.3 is 10.9 Å². The summed E-state index contributed by atoms with van der Waals surface area (Å²) in [5.74, 6) is 0.0558. The average molecular weight is 264 g/mol. The van der Waals surface area contributed by atoms with Crippen LogP contribution in [-0.4, -0.2) is 30.8 Å². The van der Waals surface area contributed by atoms with Gasteiger partial charge in [0, 0.05) is 18.3 Å². The molecule has 0 amide bonds. The minimum absolute atomic E-state index is 0.0558. The van der Waals surface area contributed by atoms with Crippen LogP contribution in [0.3, 0.4) is 0 Å². The Kier molecular flexibility index (Phi) is 3.47. The lowest BCUT2D eigenvalue weighted by atomic mass is 10.2. The van der Waals surface area contributed by atoms with Crippen molar-refractivity contribution in [3.8, 4) is 0 Å². The molecule has 0 saturated heterocycles. The average Bonchev–Trinajstić information content (AvgIpc) is 2.73. The topological polar surface area (TPSA) is 102 Å². The molecule has 0 aliphatic rings. The van der Waals surface area contributed by atoms with Crippen LogP contribution >= 0.6 is 11.8 Å². The SMILES string of the molecule is Cc1cc(/C(N)=N/O)cc(Sc2ncnn2C)n1. The molecule has 0 aliphatic carbocycles. The fourth-order valence-corrected chi connectivity index (χ4v) is 2.21. The van der Waals surface area contributed by atoms with Crippen molar-refractivity contribution in [3.63, 3.8) is 0 Å². The Labute approximate surface area is 108 Å². The van der Waals surface area contributed by atoms with Crippen LogP contribution in [0.4, 0.5) is 0 Å². The molecule has 3 N–H and O–H groups in total. The van der Waals surface area contributed by atoms with Gasteiger partial charge in [0.05, 0.1) is 0 Å². The van der Waals surface area contributed by atoms with Crippen LogP contribution in [0, 0.1) is 6.92 Å². The number of aromatic nitrogens is 4. The monoisotopic (exact) mass is 264 g/mol. The van der Waals surface area contributed by atoms with Gasteiger partial charge in [0.25, 0.3) is 0 Å². The van der Waals surface area contributed by atoms with Gasteiger partial charge in [-0.25, -0.2) is 14.6 Å². The summed E-state index contributed by atoms with van der Waals surface area (Å²) in [5.41, 5.74) is 6.97. The van der Waals surface area contributed by atoms with Gasteiger partial charge in [0.2, 0.25) is 0 Å². The molecule has 0 spiro atoms. The van der Waals surface area contributed by atoms with E-state index in [-0.39, 0.29) is 5.84 Å². The minimum atomic E-state index is 0.0558. The standard InChI is InChI=1S/C10H12N6OS/c1-6-3-7(9(11)15-17)4-8(14-6)18-10-12-5-13-16(10)2/h3-5,17H,1-2H3,(H2,11,15). The molecule has 2 heterocycles. The molecule has 94 valence electrons. The predicted octanol–water partition coefficient (Wildman–Crippen LogP) is 0.764. The Morgan fingerprint density at radius 3 is 2.89 bits per heavy atom. The predicted molar refractivity (Wildman–Crippen MR) is 66.6 cm³/mol. The Balaban J connectivity index is 2.34. The first-order chi connectivity index (χ1) is 8.60. The van der Waals surface area contributed by atoms with Crippen molar-refractivity contribution in [2.24, 2.45) is 17.9 Å². The van der Waals surface area contributed by atoms with Gasteiger partial charge in [-0.2, -0.15) is 5.10 Å². The molecule has 8 heteroatoms. The highest BCUT2D eigenvalue weighted by atomic mass is 32.2. The molecule has 0 fully saturated rings. The van der Waals surface area contributed by atoms with E-state index in [1.807, 2.05) is 6.92 Å². The van der Waals surface area contributed by atoms with E-state index in [4.69, 9.17) is 10.9 Å². The number of aryl methyl sites for hydroxylation is 2. The van der Waals surface area contributed by atoms with Gasteiger partial charge in [0.15, 0.2) is 11.0 Å². The highest BCUT2D eigenvalue weighted by molar-refractivity contribution is 7.99. The van der Waals surface area contributed by atoms with Gasteiger partial charge in [-0.05, 0) is 30.8 Å². The lowest BCUT2D eigenvalue weighted by Gasteiger charge is -2.05. The fraction of sp³-hybridized carbons (Fsp3) is 0.200. The van der Waals surface area contributed by atoms with Crippen LogP contribution in [0.25, 0.3) is 0 Å². The van der Waals surface area contributed by atoms with E-state index < -0.39 is 0 Å². The second-order valence-corrected chi connectivity index (χ2v) is 4.58. The number of amidine groups is 1. The van der Waals surface area contributed by atoms with E-state index >= 15 is 0 Å². The number of nitrogens with zero attached hydrogens (tertiary/aromatic N) is 5. The molecule has 0 aromatic carbocycles. The van der Waals surface area contributed by atoms with Crippen molar-refractivity contribution in [3.05, 3.63) is 29.7 Å². The first-order valence-electron chi connectivity index (χ1n) is 5.08. The Morgan fingerprint density at radius 1 is 1.50 bits per heavy atom. The lowest BCUT2D eigenvalue weighted by molar-refractivity contribution is 0.318. The summed E-state index contributed by atoms with van der Waals surface area (Å²) in [6.45, 7) is 1.84. The number of hydrogen-bond acceptors (Lipinski definition) is 6. The Bertz CT molecular complexity index is 594. The Hall–Kier alpha value is -2.09. The molecule has 2 aromatic rings. The lowest BCUT2D eigenvalue weighted by Crippen LogP contribution is -2.13. The summed E-state index contributed by atoms with van der Waals surface area (Å²) in [4.78, 5) is 8.46. The third-order valence-electron chi connectivity index (χ3n) is 2.20. The van der Waals surface area contributed by atoms with Crippen molar-refractivity contribution in [1.29, 1.82) is 0 Å². The molecule has 18 heavy (non-hydrogen) atoms. The highest BCUT2D eigenvalue weighted by Gasteiger charge is 2.08. The maximum Gasteiger partial charge on any atom is 0.192 e. The summed E-state index contributed by atoms with van der Waals surface area (Å²) in [7, 11) is 1.80. The third-order valence-corrected chi connectivity index (χ3v) is 3.17. The fourth-order valence-electron chi connectivity index (χ4n) is 1.37. The van der Waals surface area contributed by atoms with Crippen LogP contribution in [0.5, 0.6) is 0 Å². The molecule has 0 aliphatic heterocycles. The molecular weight excluding hydrogens is 252 g/mol. The summed E-state index contributed by atoms with van der Waals surface area (Å²) >= 11 is 1.36. The second kappa shape index (κ2) is 5.05. The van der Waals surface area contributed by atoms with Crippen molar-refractivity contribution in [2.75, 3.05) is 0 Å². The summed E-state index contributed by atoms with van der Waals surface area (Å²) in [6, 6.07) is 3.48. The number of nitrogens with two attached hydrogens (primary N) is 1. The molecular formula is C10H12N6OS. The minimum Gasteiger partial charge on any atom is -0.409 e. The van der Waals surface area contributed by atoms with Crippen LogP contribution in [0.1, 0.15) is 11.3 Å².